The van der Waals surface area contributed by atoms with Crippen LogP contribution in [0.4, 0.5) is 16.6 Å². The van der Waals surface area contributed by atoms with Gasteiger partial charge in [-0.25, -0.2) is 4.98 Å². The molecule has 1 fully saturated rings. The molecule has 110 valence electrons. The summed E-state index contributed by atoms with van der Waals surface area (Å²) in [5.74, 6) is -0.110. The topological polar surface area (TPSA) is 80.0 Å². The average molecular weight is 343 g/mol. The SMILES string of the molecule is Nc1nc(NC2CC2)sc1C(=O)Nc1cc(Cl)cc(Cl)c1. The number of nitrogens with zero attached hydrogens (tertiary/aromatic N) is 1. The first-order chi connectivity index (χ1) is 10.0. The number of amides is 1. The molecule has 1 aliphatic carbocycles. The second-order valence-corrected chi connectivity index (χ2v) is 6.64. The molecule has 0 spiro atoms. The van der Waals surface area contributed by atoms with E-state index in [0.29, 0.717) is 31.8 Å². The van der Waals surface area contributed by atoms with Crippen molar-refractivity contribution in [3.05, 3.63) is 33.1 Å². The van der Waals surface area contributed by atoms with Gasteiger partial charge in [0.1, 0.15) is 10.7 Å². The van der Waals surface area contributed by atoms with Crippen molar-refractivity contribution < 1.29 is 4.79 Å². The van der Waals surface area contributed by atoms with Crippen molar-refractivity contribution in [2.75, 3.05) is 16.4 Å². The summed E-state index contributed by atoms with van der Waals surface area (Å²) in [6.45, 7) is 0. The van der Waals surface area contributed by atoms with Crippen LogP contribution < -0.4 is 16.4 Å². The van der Waals surface area contributed by atoms with E-state index in [4.69, 9.17) is 28.9 Å². The number of halogens is 2. The predicted octanol–water partition coefficient (Wildman–Crippen LogP) is 3.86. The zero-order chi connectivity index (χ0) is 15.0. The summed E-state index contributed by atoms with van der Waals surface area (Å²) < 4.78 is 0. The highest BCUT2D eigenvalue weighted by Gasteiger charge is 2.24. The maximum atomic E-state index is 12.2. The minimum absolute atomic E-state index is 0.216. The molecule has 21 heavy (non-hydrogen) atoms. The number of carbonyl (C=O) groups is 1. The van der Waals surface area contributed by atoms with E-state index in [1.807, 2.05) is 0 Å². The average Bonchev–Trinajstić information content (AvgIpc) is 3.10. The number of thiazole rings is 1. The molecule has 0 atom stereocenters. The molecule has 1 heterocycles. The maximum absolute atomic E-state index is 12.2. The van der Waals surface area contributed by atoms with Crippen LogP contribution >= 0.6 is 34.5 Å². The Morgan fingerprint density at radius 3 is 2.57 bits per heavy atom. The first-order valence-electron chi connectivity index (χ1n) is 6.31. The van der Waals surface area contributed by atoms with Gasteiger partial charge in [0.25, 0.3) is 5.91 Å². The van der Waals surface area contributed by atoms with Gasteiger partial charge in [-0.15, -0.1) is 0 Å². The van der Waals surface area contributed by atoms with E-state index < -0.39 is 0 Å². The number of aromatic nitrogens is 1. The third-order valence-corrected chi connectivity index (χ3v) is 4.32. The molecule has 1 aliphatic rings. The van der Waals surface area contributed by atoms with E-state index in [9.17, 15) is 4.79 Å². The highest BCUT2D eigenvalue weighted by Crippen LogP contribution is 2.31. The number of nitrogen functional groups attached to an aromatic ring is 1. The Kier molecular flexibility index (Phi) is 3.93. The lowest BCUT2D eigenvalue weighted by molar-refractivity contribution is 0.103. The number of benzene rings is 1. The van der Waals surface area contributed by atoms with Crippen molar-refractivity contribution in [2.24, 2.45) is 0 Å². The van der Waals surface area contributed by atoms with Gasteiger partial charge in [0.15, 0.2) is 5.13 Å². The highest BCUT2D eigenvalue weighted by molar-refractivity contribution is 7.18. The van der Waals surface area contributed by atoms with Gasteiger partial charge in [0, 0.05) is 21.8 Å². The Hall–Kier alpha value is -1.50. The highest BCUT2D eigenvalue weighted by atomic mass is 35.5. The summed E-state index contributed by atoms with van der Waals surface area (Å²) in [7, 11) is 0. The molecule has 0 radical (unpaired) electrons. The molecule has 0 unspecified atom stereocenters. The number of nitrogens with one attached hydrogen (secondary N) is 2. The Morgan fingerprint density at radius 2 is 1.95 bits per heavy atom. The number of nitrogens with two attached hydrogens (primary N) is 1. The molecular weight excluding hydrogens is 331 g/mol. The number of carbonyl (C=O) groups excluding carboxylic acids is 1. The number of hydrogen-bond donors (Lipinski definition) is 3. The molecule has 1 saturated carbocycles. The van der Waals surface area contributed by atoms with E-state index in [1.54, 1.807) is 18.2 Å². The second kappa shape index (κ2) is 5.71. The van der Waals surface area contributed by atoms with E-state index in [2.05, 4.69) is 15.6 Å². The summed E-state index contributed by atoms with van der Waals surface area (Å²) in [4.78, 5) is 16.8. The van der Waals surface area contributed by atoms with E-state index in [1.165, 1.54) is 11.3 Å². The lowest BCUT2D eigenvalue weighted by atomic mass is 10.3. The Bertz CT molecular complexity index is 679. The molecule has 8 heteroatoms. The first-order valence-corrected chi connectivity index (χ1v) is 7.89. The van der Waals surface area contributed by atoms with Gasteiger partial charge in [0.05, 0.1) is 0 Å². The van der Waals surface area contributed by atoms with Gasteiger partial charge >= 0.3 is 0 Å². The van der Waals surface area contributed by atoms with Crippen LogP contribution in [0.25, 0.3) is 0 Å². The predicted molar refractivity (Wildman–Crippen MR) is 87.6 cm³/mol. The Morgan fingerprint density at radius 1 is 1.29 bits per heavy atom. The summed E-state index contributed by atoms with van der Waals surface area (Å²) in [6.07, 6.45) is 2.25. The van der Waals surface area contributed by atoms with Crippen LogP contribution in [-0.4, -0.2) is 16.9 Å². The largest absolute Gasteiger partial charge is 0.382 e. The molecule has 4 N–H and O–H groups in total. The van der Waals surface area contributed by atoms with Gasteiger partial charge in [-0.2, -0.15) is 0 Å². The van der Waals surface area contributed by atoms with Crippen molar-refractivity contribution in [2.45, 2.75) is 18.9 Å². The van der Waals surface area contributed by atoms with Crippen LogP contribution in [0.15, 0.2) is 18.2 Å². The third-order valence-electron chi connectivity index (χ3n) is 2.88. The molecule has 5 nitrogen and oxygen atoms in total. The van der Waals surface area contributed by atoms with Crippen LogP contribution in [0.1, 0.15) is 22.5 Å². The maximum Gasteiger partial charge on any atom is 0.269 e. The molecular formula is C13H12Cl2N4OS. The molecule has 2 aromatic rings. The van der Waals surface area contributed by atoms with Gasteiger partial charge in [0.2, 0.25) is 0 Å². The zero-order valence-electron chi connectivity index (χ0n) is 10.8. The van der Waals surface area contributed by atoms with E-state index >= 15 is 0 Å². The summed E-state index contributed by atoms with van der Waals surface area (Å²) in [6, 6.07) is 5.29. The van der Waals surface area contributed by atoms with Crippen LogP contribution in [0.5, 0.6) is 0 Å². The number of anilines is 3. The van der Waals surface area contributed by atoms with E-state index in [0.717, 1.165) is 12.8 Å². The minimum atomic E-state index is -0.327. The third kappa shape index (κ3) is 3.58. The fourth-order valence-electron chi connectivity index (χ4n) is 1.77. The monoisotopic (exact) mass is 342 g/mol. The summed E-state index contributed by atoms with van der Waals surface area (Å²) in [5.41, 5.74) is 6.31. The van der Waals surface area contributed by atoms with Crippen LogP contribution in [-0.2, 0) is 0 Å². The molecule has 0 saturated heterocycles. The Labute approximate surface area is 135 Å². The number of rotatable bonds is 4. The molecule has 1 amide bonds. The van der Waals surface area contributed by atoms with Crippen molar-refractivity contribution >= 4 is 57.1 Å². The standard InChI is InChI=1S/C13H12Cl2N4OS/c14-6-3-7(15)5-9(4-6)17-12(20)10-11(16)19-13(21-10)18-8-1-2-8/h3-5,8H,1-2,16H2,(H,17,20)(H,18,19). The van der Waals surface area contributed by atoms with E-state index in [-0.39, 0.29) is 11.7 Å². The lowest BCUT2D eigenvalue weighted by Crippen LogP contribution is -2.12. The molecule has 1 aromatic heterocycles. The fraction of sp³-hybridized carbons (Fsp3) is 0.231. The van der Waals surface area contributed by atoms with Crippen molar-refractivity contribution in [1.29, 1.82) is 0 Å². The second-order valence-electron chi connectivity index (χ2n) is 4.76. The quantitative estimate of drug-likeness (QED) is 0.788. The van der Waals surface area contributed by atoms with Gasteiger partial charge in [-0.3, -0.25) is 4.79 Å². The first kappa shape index (κ1) is 14.4. The van der Waals surface area contributed by atoms with Gasteiger partial charge in [-0.05, 0) is 31.0 Å². The minimum Gasteiger partial charge on any atom is -0.382 e. The normalized spacial score (nSPS) is 14.0. The van der Waals surface area contributed by atoms with Gasteiger partial charge < -0.3 is 16.4 Å². The fourth-order valence-corrected chi connectivity index (χ4v) is 3.16. The number of hydrogen-bond acceptors (Lipinski definition) is 5. The Balaban J connectivity index is 1.76. The van der Waals surface area contributed by atoms with Crippen molar-refractivity contribution in [3.63, 3.8) is 0 Å². The molecule has 0 aliphatic heterocycles. The van der Waals surface area contributed by atoms with Crippen LogP contribution in [0, 0.1) is 0 Å². The van der Waals surface area contributed by atoms with Crippen molar-refractivity contribution in [1.82, 2.24) is 4.98 Å². The zero-order valence-corrected chi connectivity index (χ0v) is 13.1. The lowest BCUT2D eigenvalue weighted by Gasteiger charge is -2.05. The van der Waals surface area contributed by atoms with Crippen LogP contribution in [0.3, 0.4) is 0 Å². The molecule has 1 aromatic carbocycles. The molecule has 3 rings (SSSR count). The summed E-state index contributed by atoms with van der Waals surface area (Å²) in [5, 5.41) is 7.51. The van der Waals surface area contributed by atoms with Gasteiger partial charge in [-0.1, -0.05) is 34.5 Å². The molecule has 0 bridgehead atoms. The van der Waals surface area contributed by atoms with Crippen molar-refractivity contribution in [3.8, 4) is 0 Å². The van der Waals surface area contributed by atoms with Crippen LogP contribution in [0.2, 0.25) is 10.0 Å². The summed E-state index contributed by atoms with van der Waals surface area (Å²) >= 11 is 13.0. The smallest absolute Gasteiger partial charge is 0.269 e.